The van der Waals surface area contributed by atoms with Gasteiger partial charge in [0.2, 0.25) is 5.91 Å². The van der Waals surface area contributed by atoms with Gasteiger partial charge in [-0.25, -0.2) is 9.78 Å². The van der Waals surface area contributed by atoms with Crippen molar-refractivity contribution in [2.45, 2.75) is 36.9 Å². The molecule has 0 radical (unpaired) electrons. The number of carbonyl (C=O) groups is 1. The van der Waals surface area contributed by atoms with Crippen molar-refractivity contribution in [1.29, 1.82) is 0 Å². The fraction of sp³-hybridized carbons (Fsp3) is 0.467. The van der Waals surface area contributed by atoms with Gasteiger partial charge in [0.15, 0.2) is 6.23 Å². The van der Waals surface area contributed by atoms with E-state index in [1.807, 2.05) is 0 Å². The Bertz CT molecular complexity index is 893. The summed E-state index contributed by atoms with van der Waals surface area (Å²) in [7, 11) is 0. The monoisotopic (exact) mass is 380 g/mol. The van der Waals surface area contributed by atoms with Gasteiger partial charge in [0.1, 0.15) is 18.2 Å². The molecule has 1 saturated heterocycles. The van der Waals surface area contributed by atoms with Gasteiger partial charge >= 0.3 is 5.69 Å². The van der Waals surface area contributed by atoms with E-state index in [1.165, 1.54) is 18.7 Å². The molecule has 1 aliphatic heterocycles. The van der Waals surface area contributed by atoms with Gasteiger partial charge in [-0.1, -0.05) is 0 Å². The molecule has 3 rings (SSSR count). The number of aromatic amines is 2. The minimum Gasteiger partial charge on any atom is -0.394 e. The highest BCUT2D eigenvalue weighted by Crippen LogP contribution is 2.28. The van der Waals surface area contributed by atoms with Gasteiger partial charge < -0.3 is 31.0 Å². The third kappa shape index (κ3) is 3.98. The average molecular weight is 380 g/mol. The third-order valence-electron chi connectivity index (χ3n) is 4.32. The lowest BCUT2D eigenvalue weighted by Gasteiger charge is -2.24. The first kappa shape index (κ1) is 19.0. The van der Waals surface area contributed by atoms with Crippen molar-refractivity contribution in [3.63, 3.8) is 0 Å². The number of aliphatic hydroxyl groups excluding tert-OH is 2. The number of amides is 1. The molecule has 12 heteroatoms. The number of carbonyl (C=O) groups excluding carboxylic acids is 1. The van der Waals surface area contributed by atoms with Crippen molar-refractivity contribution in [2.24, 2.45) is 5.73 Å². The van der Waals surface area contributed by atoms with Gasteiger partial charge in [0, 0.05) is 30.6 Å². The number of nitrogens with zero attached hydrogens (tertiary/aromatic N) is 2. The number of rotatable bonds is 6. The van der Waals surface area contributed by atoms with Gasteiger partial charge in [-0.2, -0.15) is 0 Å². The zero-order valence-corrected chi connectivity index (χ0v) is 14.1. The fourth-order valence-electron chi connectivity index (χ4n) is 2.92. The topological polar surface area (TPSA) is 188 Å². The molecule has 12 nitrogen and oxygen atoms in total. The first-order valence-electron chi connectivity index (χ1n) is 8.19. The van der Waals surface area contributed by atoms with E-state index < -0.39 is 54.3 Å². The maximum Gasteiger partial charge on any atom is 0.330 e. The summed E-state index contributed by atoms with van der Waals surface area (Å²) in [6.45, 7) is -0.525. The summed E-state index contributed by atoms with van der Waals surface area (Å²) < 4.78 is 6.52. The summed E-state index contributed by atoms with van der Waals surface area (Å²) in [5.74, 6) is -0.585. The van der Waals surface area contributed by atoms with Crippen LogP contribution in [0, 0.1) is 0 Å². The largest absolute Gasteiger partial charge is 0.394 e. The summed E-state index contributed by atoms with van der Waals surface area (Å²) in [6.07, 6.45) is 0.906. The van der Waals surface area contributed by atoms with Gasteiger partial charge in [-0.05, 0) is 0 Å². The van der Waals surface area contributed by atoms with Crippen LogP contribution in [0.5, 0.6) is 0 Å². The molecule has 146 valence electrons. The third-order valence-corrected chi connectivity index (χ3v) is 4.32. The molecule has 0 saturated carbocycles. The van der Waals surface area contributed by atoms with E-state index in [2.05, 4.69) is 20.3 Å². The molecular weight excluding hydrogens is 360 g/mol. The van der Waals surface area contributed by atoms with Crippen LogP contribution in [0.2, 0.25) is 0 Å². The average Bonchev–Trinajstić information content (AvgIpc) is 3.24. The number of aromatic nitrogens is 4. The highest BCUT2D eigenvalue weighted by atomic mass is 16.5. The first-order valence-corrected chi connectivity index (χ1v) is 8.19. The van der Waals surface area contributed by atoms with Crippen LogP contribution in [0.3, 0.4) is 0 Å². The summed E-state index contributed by atoms with van der Waals surface area (Å²) in [5, 5.41) is 22.3. The first-order chi connectivity index (χ1) is 12.9. The fourth-order valence-corrected chi connectivity index (χ4v) is 2.92. The summed E-state index contributed by atoms with van der Waals surface area (Å²) in [5.41, 5.74) is 5.16. The van der Waals surface area contributed by atoms with Crippen molar-refractivity contribution >= 4 is 5.91 Å². The quantitative estimate of drug-likeness (QED) is 0.298. The second-order valence-corrected chi connectivity index (χ2v) is 6.18. The number of nitrogens with one attached hydrogen (secondary N) is 3. The standard InChI is InChI=1S/C15H20N6O6/c16-8(3-7-4-17-6-18-7)13(25)20-11-12(24)9(5-22)27-14(11)21-2-1-10(23)19-15(21)26/h1-2,4,6,8-9,11-12,14,22,24H,3,5,16H2,(H,17,18)(H,20,25)(H,19,23,26)/t8?,9-,11?,12+,14-/m1/s1. The van der Waals surface area contributed by atoms with Crippen molar-refractivity contribution in [2.75, 3.05) is 6.61 Å². The molecule has 3 heterocycles. The highest BCUT2D eigenvalue weighted by molar-refractivity contribution is 5.82. The van der Waals surface area contributed by atoms with Crippen molar-refractivity contribution < 1.29 is 19.7 Å². The van der Waals surface area contributed by atoms with Crippen molar-refractivity contribution in [3.8, 4) is 0 Å². The zero-order chi connectivity index (χ0) is 19.6. The van der Waals surface area contributed by atoms with Gasteiger partial charge in [-0.3, -0.25) is 19.1 Å². The molecule has 5 atom stereocenters. The van der Waals surface area contributed by atoms with E-state index in [9.17, 15) is 24.6 Å². The number of H-pyrrole nitrogens is 2. The number of hydrogen-bond acceptors (Lipinski definition) is 8. The molecule has 27 heavy (non-hydrogen) atoms. The number of imidazole rings is 1. The maximum atomic E-state index is 12.4. The molecular formula is C15H20N6O6. The lowest BCUT2D eigenvalue weighted by Crippen LogP contribution is -2.53. The molecule has 2 unspecified atom stereocenters. The summed E-state index contributed by atoms with van der Waals surface area (Å²) in [4.78, 5) is 44.5. The van der Waals surface area contributed by atoms with E-state index in [0.29, 0.717) is 5.69 Å². The SMILES string of the molecule is NC(Cc1cnc[nH]1)C(=O)NC1[C@@H](O)[C@@H](CO)O[C@H]1n1ccc(=O)[nH]c1=O. The van der Waals surface area contributed by atoms with Crippen LogP contribution in [0.4, 0.5) is 0 Å². The lowest BCUT2D eigenvalue weighted by molar-refractivity contribution is -0.124. The summed E-state index contributed by atoms with van der Waals surface area (Å²) >= 11 is 0. The molecule has 1 fully saturated rings. The second-order valence-electron chi connectivity index (χ2n) is 6.18. The molecule has 0 bridgehead atoms. The van der Waals surface area contributed by atoms with Crippen LogP contribution >= 0.6 is 0 Å². The van der Waals surface area contributed by atoms with E-state index in [-0.39, 0.29) is 6.42 Å². The Hall–Kier alpha value is -2.80. The molecule has 7 N–H and O–H groups in total. The highest BCUT2D eigenvalue weighted by Gasteiger charge is 2.45. The van der Waals surface area contributed by atoms with Gasteiger partial charge in [0.25, 0.3) is 5.56 Å². The Morgan fingerprint density at radius 2 is 2.26 bits per heavy atom. The second kappa shape index (κ2) is 7.84. The van der Waals surface area contributed by atoms with E-state index in [0.717, 1.165) is 10.6 Å². The maximum absolute atomic E-state index is 12.4. The minimum absolute atomic E-state index is 0.183. The molecule has 2 aromatic heterocycles. The van der Waals surface area contributed by atoms with Gasteiger partial charge in [0.05, 0.1) is 19.0 Å². The minimum atomic E-state index is -1.29. The predicted octanol–water partition coefficient (Wildman–Crippen LogP) is -3.43. The predicted molar refractivity (Wildman–Crippen MR) is 90.5 cm³/mol. The molecule has 2 aromatic rings. The van der Waals surface area contributed by atoms with Crippen LogP contribution in [0.15, 0.2) is 34.4 Å². The van der Waals surface area contributed by atoms with E-state index in [1.54, 1.807) is 0 Å². The molecule has 1 amide bonds. The Balaban J connectivity index is 1.80. The van der Waals surface area contributed by atoms with Crippen molar-refractivity contribution in [1.82, 2.24) is 24.8 Å². The number of nitrogens with two attached hydrogens (primary N) is 1. The molecule has 1 aliphatic rings. The van der Waals surface area contributed by atoms with Crippen LogP contribution in [0.1, 0.15) is 11.9 Å². The number of ether oxygens (including phenoxy) is 1. The van der Waals surface area contributed by atoms with Gasteiger partial charge in [-0.15, -0.1) is 0 Å². The Morgan fingerprint density at radius 3 is 2.89 bits per heavy atom. The molecule has 0 aliphatic carbocycles. The van der Waals surface area contributed by atoms with Crippen LogP contribution in [-0.2, 0) is 16.0 Å². The lowest BCUT2D eigenvalue weighted by atomic mass is 10.1. The van der Waals surface area contributed by atoms with Crippen molar-refractivity contribution in [3.05, 3.63) is 51.3 Å². The van der Waals surface area contributed by atoms with E-state index >= 15 is 0 Å². The molecule has 0 aromatic carbocycles. The smallest absolute Gasteiger partial charge is 0.330 e. The zero-order valence-electron chi connectivity index (χ0n) is 14.1. The summed E-state index contributed by atoms with van der Waals surface area (Å²) in [6, 6.07) is -0.906. The number of aliphatic hydroxyl groups is 2. The Labute approximate surface area is 152 Å². The molecule has 0 spiro atoms. The van der Waals surface area contributed by atoms with Crippen LogP contribution < -0.4 is 22.3 Å². The number of hydrogen-bond donors (Lipinski definition) is 6. The van der Waals surface area contributed by atoms with Crippen LogP contribution in [0.25, 0.3) is 0 Å². The van der Waals surface area contributed by atoms with E-state index in [4.69, 9.17) is 10.5 Å². The van der Waals surface area contributed by atoms with Crippen LogP contribution in [-0.4, -0.2) is 66.5 Å². The normalized spacial score (nSPS) is 26.0. The Kier molecular flexibility index (Phi) is 5.51. The Morgan fingerprint density at radius 1 is 1.48 bits per heavy atom.